The average Bonchev–Trinajstić information content (AvgIpc) is 2.28. The van der Waals surface area contributed by atoms with Crippen molar-refractivity contribution in [3.05, 3.63) is 0 Å². The molecular formula is C14H26OS. The second-order valence-corrected chi connectivity index (χ2v) is 6.40. The fourth-order valence-electron chi connectivity index (χ4n) is 3.63. The van der Waals surface area contributed by atoms with Gasteiger partial charge in [0.15, 0.2) is 0 Å². The highest BCUT2D eigenvalue weighted by atomic mass is 32.1. The van der Waals surface area contributed by atoms with Gasteiger partial charge in [-0.2, -0.15) is 12.6 Å². The maximum atomic E-state index is 6.26. The lowest BCUT2D eigenvalue weighted by molar-refractivity contribution is -0.142. The molecular weight excluding hydrogens is 216 g/mol. The van der Waals surface area contributed by atoms with Crippen LogP contribution in [0.4, 0.5) is 0 Å². The van der Waals surface area contributed by atoms with Gasteiger partial charge in [0, 0.05) is 0 Å². The zero-order valence-corrected chi connectivity index (χ0v) is 11.7. The van der Waals surface area contributed by atoms with Crippen molar-refractivity contribution in [2.24, 2.45) is 23.7 Å². The second-order valence-electron chi connectivity index (χ2n) is 6.03. The van der Waals surface area contributed by atoms with Gasteiger partial charge >= 0.3 is 0 Å². The van der Waals surface area contributed by atoms with Gasteiger partial charge in [-0.1, -0.05) is 13.8 Å². The minimum absolute atomic E-state index is 0.473. The normalized spacial score (nSPS) is 46.1. The predicted molar refractivity (Wildman–Crippen MR) is 72.0 cm³/mol. The molecule has 16 heavy (non-hydrogen) atoms. The van der Waals surface area contributed by atoms with Crippen LogP contribution in [0.3, 0.4) is 0 Å². The third kappa shape index (κ3) is 2.43. The summed E-state index contributed by atoms with van der Waals surface area (Å²) in [6, 6.07) is 0. The van der Waals surface area contributed by atoms with E-state index in [1.54, 1.807) is 0 Å². The van der Waals surface area contributed by atoms with Gasteiger partial charge in [0.25, 0.3) is 0 Å². The lowest BCUT2D eigenvalue weighted by Crippen LogP contribution is -2.47. The summed E-state index contributed by atoms with van der Waals surface area (Å²) in [4.78, 5) is 0. The quantitative estimate of drug-likeness (QED) is 0.725. The predicted octanol–water partition coefficient (Wildman–Crippen LogP) is 3.78. The first-order valence-corrected chi connectivity index (χ1v) is 7.53. The van der Waals surface area contributed by atoms with Gasteiger partial charge in [-0.3, -0.25) is 0 Å². The van der Waals surface area contributed by atoms with Crippen LogP contribution in [0.25, 0.3) is 0 Å². The van der Waals surface area contributed by atoms with E-state index in [0.717, 1.165) is 23.5 Å². The van der Waals surface area contributed by atoms with Crippen LogP contribution in [-0.4, -0.2) is 18.0 Å². The lowest BCUT2D eigenvalue weighted by atomic mass is 9.66. The highest BCUT2D eigenvalue weighted by Gasteiger charge is 2.42. The van der Waals surface area contributed by atoms with Crippen LogP contribution in [0.15, 0.2) is 0 Å². The maximum Gasteiger partial charge on any atom is 0.0640 e. The molecule has 2 aliphatic rings. The summed E-state index contributed by atoms with van der Waals surface area (Å²) >= 11 is 4.47. The Kier molecular flexibility index (Phi) is 4.23. The van der Waals surface area contributed by atoms with Gasteiger partial charge in [-0.25, -0.2) is 0 Å². The van der Waals surface area contributed by atoms with E-state index >= 15 is 0 Å². The maximum absolute atomic E-state index is 6.26. The fourth-order valence-corrected chi connectivity index (χ4v) is 3.90. The molecule has 2 fully saturated rings. The van der Waals surface area contributed by atoms with Crippen LogP contribution in [-0.2, 0) is 4.74 Å². The van der Waals surface area contributed by atoms with E-state index in [9.17, 15) is 0 Å². The molecule has 1 heterocycles. The average molecular weight is 242 g/mol. The van der Waals surface area contributed by atoms with Crippen LogP contribution in [0.5, 0.6) is 0 Å². The van der Waals surface area contributed by atoms with Crippen molar-refractivity contribution in [2.45, 2.75) is 58.7 Å². The van der Waals surface area contributed by atoms with Gasteiger partial charge in [0.2, 0.25) is 0 Å². The Morgan fingerprint density at radius 3 is 2.62 bits per heavy atom. The molecule has 0 bridgehead atoms. The van der Waals surface area contributed by atoms with Crippen molar-refractivity contribution in [3.63, 3.8) is 0 Å². The number of rotatable bonds is 2. The van der Waals surface area contributed by atoms with Crippen molar-refractivity contribution >= 4 is 12.6 Å². The summed E-state index contributed by atoms with van der Waals surface area (Å²) in [6.07, 6.45) is 6.37. The summed E-state index contributed by atoms with van der Waals surface area (Å²) in [7, 11) is 0. The van der Waals surface area contributed by atoms with E-state index in [1.165, 1.54) is 25.7 Å². The first kappa shape index (κ1) is 12.8. The van der Waals surface area contributed by atoms with E-state index in [4.69, 9.17) is 4.74 Å². The van der Waals surface area contributed by atoms with Crippen molar-refractivity contribution in [3.8, 4) is 0 Å². The third-order valence-corrected chi connectivity index (χ3v) is 5.42. The van der Waals surface area contributed by atoms with E-state index in [0.29, 0.717) is 18.1 Å². The molecule has 2 rings (SSSR count). The molecule has 0 spiro atoms. The number of thiol groups is 1. The van der Waals surface area contributed by atoms with Crippen molar-refractivity contribution in [2.75, 3.05) is 5.75 Å². The molecule has 0 aromatic rings. The van der Waals surface area contributed by atoms with E-state index in [2.05, 4.69) is 33.4 Å². The molecule has 0 radical (unpaired) electrons. The van der Waals surface area contributed by atoms with Crippen molar-refractivity contribution in [1.29, 1.82) is 0 Å². The molecule has 94 valence electrons. The van der Waals surface area contributed by atoms with Crippen LogP contribution in [0.1, 0.15) is 46.5 Å². The largest absolute Gasteiger partial charge is 0.375 e. The van der Waals surface area contributed by atoms with Crippen LogP contribution >= 0.6 is 12.6 Å². The Morgan fingerprint density at radius 1 is 1.19 bits per heavy atom. The third-order valence-electron chi connectivity index (χ3n) is 4.85. The SMILES string of the molecule is CC1CCC2C(O1)C(C(C)CS)CC[C@H]2C. The van der Waals surface area contributed by atoms with Gasteiger partial charge in [0.05, 0.1) is 12.2 Å². The summed E-state index contributed by atoms with van der Waals surface area (Å²) in [5, 5.41) is 0. The van der Waals surface area contributed by atoms with Gasteiger partial charge in [-0.05, 0) is 62.0 Å². The first-order valence-electron chi connectivity index (χ1n) is 6.89. The van der Waals surface area contributed by atoms with Crippen LogP contribution < -0.4 is 0 Å². The topological polar surface area (TPSA) is 9.23 Å². The molecule has 1 saturated carbocycles. The molecule has 6 atom stereocenters. The van der Waals surface area contributed by atoms with Crippen molar-refractivity contribution < 1.29 is 4.74 Å². The van der Waals surface area contributed by atoms with Crippen molar-refractivity contribution in [1.82, 2.24) is 0 Å². The Bertz CT molecular complexity index is 231. The summed E-state index contributed by atoms with van der Waals surface area (Å²) in [6.45, 7) is 6.99. The fraction of sp³-hybridized carbons (Fsp3) is 1.00. The summed E-state index contributed by atoms with van der Waals surface area (Å²) < 4.78 is 6.26. The zero-order chi connectivity index (χ0) is 11.7. The molecule has 1 nitrogen and oxygen atoms in total. The molecule has 0 amide bonds. The zero-order valence-electron chi connectivity index (χ0n) is 10.9. The van der Waals surface area contributed by atoms with Crippen LogP contribution in [0.2, 0.25) is 0 Å². The van der Waals surface area contributed by atoms with E-state index in [-0.39, 0.29) is 0 Å². The molecule has 0 N–H and O–H groups in total. The van der Waals surface area contributed by atoms with Crippen LogP contribution in [0, 0.1) is 23.7 Å². The minimum atomic E-state index is 0.473. The second kappa shape index (κ2) is 5.30. The Labute approximate surface area is 106 Å². The molecule has 0 aromatic carbocycles. The highest BCUT2D eigenvalue weighted by molar-refractivity contribution is 7.80. The first-order chi connectivity index (χ1) is 7.63. The highest BCUT2D eigenvalue weighted by Crippen LogP contribution is 2.44. The van der Waals surface area contributed by atoms with Gasteiger partial charge < -0.3 is 4.74 Å². The minimum Gasteiger partial charge on any atom is -0.375 e. The molecule has 0 aromatic heterocycles. The molecule has 1 aliphatic carbocycles. The summed E-state index contributed by atoms with van der Waals surface area (Å²) in [5.74, 6) is 4.13. The number of hydrogen-bond donors (Lipinski definition) is 1. The Hall–Kier alpha value is 0.310. The Balaban J connectivity index is 2.09. The van der Waals surface area contributed by atoms with Gasteiger partial charge in [0.1, 0.15) is 0 Å². The lowest BCUT2D eigenvalue weighted by Gasteiger charge is -2.48. The molecule has 5 unspecified atom stereocenters. The standard InChI is InChI=1S/C14H26OS/c1-9-4-6-13(10(2)8-16)14-12(9)7-5-11(3)15-14/h9-14,16H,4-8H2,1-3H3/t9-,10?,11?,12?,13?,14?/m1/s1. The van der Waals surface area contributed by atoms with E-state index < -0.39 is 0 Å². The van der Waals surface area contributed by atoms with Gasteiger partial charge in [-0.15, -0.1) is 0 Å². The number of hydrogen-bond acceptors (Lipinski definition) is 2. The smallest absolute Gasteiger partial charge is 0.0640 e. The monoisotopic (exact) mass is 242 g/mol. The summed E-state index contributed by atoms with van der Waals surface area (Å²) in [5.41, 5.74) is 0. The molecule has 1 saturated heterocycles. The number of ether oxygens (including phenoxy) is 1. The number of fused-ring (bicyclic) bond motifs is 1. The molecule has 2 heteroatoms. The Morgan fingerprint density at radius 2 is 1.94 bits per heavy atom. The van der Waals surface area contributed by atoms with E-state index in [1.807, 2.05) is 0 Å². The molecule has 1 aliphatic heterocycles.